The lowest BCUT2D eigenvalue weighted by atomic mass is 10.1. The first-order valence-electron chi connectivity index (χ1n) is 4.96. The zero-order valence-corrected chi connectivity index (χ0v) is 10.9. The smallest absolute Gasteiger partial charge is 0.0894 e. The van der Waals surface area contributed by atoms with Crippen LogP contribution >= 0.6 is 23.4 Å². The summed E-state index contributed by atoms with van der Waals surface area (Å²) in [5, 5.41) is 10.6. The predicted molar refractivity (Wildman–Crippen MR) is 68.6 cm³/mol. The molecule has 1 N–H and O–H groups in total. The molecule has 0 saturated carbocycles. The zero-order valence-electron chi connectivity index (χ0n) is 9.33. The van der Waals surface area contributed by atoms with E-state index in [1.807, 2.05) is 24.3 Å². The Morgan fingerprint density at radius 2 is 1.93 bits per heavy atom. The van der Waals surface area contributed by atoms with Crippen molar-refractivity contribution < 1.29 is 5.11 Å². The molecular formula is C12H17ClOS. The second-order valence-electron chi connectivity index (χ2n) is 4.46. The van der Waals surface area contributed by atoms with Crippen molar-refractivity contribution in [1.82, 2.24) is 0 Å². The first-order chi connectivity index (χ1) is 6.90. The topological polar surface area (TPSA) is 20.2 Å². The van der Waals surface area contributed by atoms with Crippen molar-refractivity contribution in [3.63, 3.8) is 0 Å². The molecule has 0 radical (unpaired) electrons. The quantitative estimate of drug-likeness (QED) is 0.870. The largest absolute Gasteiger partial charge is 0.387 e. The van der Waals surface area contributed by atoms with Crippen LogP contribution in [0.4, 0.5) is 0 Å². The minimum atomic E-state index is -0.483. The van der Waals surface area contributed by atoms with Gasteiger partial charge in [0.25, 0.3) is 0 Å². The van der Waals surface area contributed by atoms with Crippen molar-refractivity contribution in [3.05, 3.63) is 34.9 Å². The molecule has 0 aliphatic heterocycles. The van der Waals surface area contributed by atoms with Crippen molar-refractivity contribution in [2.75, 3.05) is 5.75 Å². The Kier molecular flexibility index (Phi) is 4.50. The van der Waals surface area contributed by atoms with Crippen LogP contribution in [0.2, 0.25) is 5.02 Å². The Morgan fingerprint density at radius 3 is 2.47 bits per heavy atom. The molecule has 0 spiro atoms. The summed E-state index contributed by atoms with van der Waals surface area (Å²) in [6.07, 6.45) is -0.483. The van der Waals surface area contributed by atoms with E-state index < -0.39 is 6.10 Å². The van der Waals surface area contributed by atoms with Crippen molar-refractivity contribution in [2.24, 2.45) is 0 Å². The standard InChI is InChI=1S/C12H17ClOS/c1-12(2,3)15-8-11(14)9-6-4-5-7-10(9)13/h4-7,11,14H,8H2,1-3H3. The highest BCUT2D eigenvalue weighted by Gasteiger charge is 2.16. The molecule has 0 bridgehead atoms. The molecule has 0 aromatic heterocycles. The Morgan fingerprint density at radius 1 is 1.33 bits per heavy atom. The molecule has 1 atom stereocenters. The molecule has 1 rings (SSSR count). The van der Waals surface area contributed by atoms with Crippen LogP contribution in [0.5, 0.6) is 0 Å². The van der Waals surface area contributed by atoms with Gasteiger partial charge in [0.15, 0.2) is 0 Å². The molecule has 84 valence electrons. The summed E-state index contributed by atoms with van der Waals surface area (Å²) in [7, 11) is 0. The van der Waals surface area contributed by atoms with E-state index in [-0.39, 0.29) is 4.75 Å². The number of rotatable bonds is 3. The van der Waals surface area contributed by atoms with E-state index >= 15 is 0 Å². The van der Waals surface area contributed by atoms with E-state index in [1.165, 1.54) is 0 Å². The highest BCUT2D eigenvalue weighted by molar-refractivity contribution is 8.00. The highest BCUT2D eigenvalue weighted by atomic mass is 35.5. The lowest BCUT2D eigenvalue weighted by Gasteiger charge is -2.20. The van der Waals surface area contributed by atoms with E-state index in [4.69, 9.17) is 11.6 Å². The second-order valence-corrected chi connectivity index (χ2v) is 6.71. The summed E-state index contributed by atoms with van der Waals surface area (Å²) < 4.78 is 0.169. The van der Waals surface area contributed by atoms with Crippen LogP contribution in [0.1, 0.15) is 32.4 Å². The van der Waals surface area contributed by atoms with Gasteiger partial charge in [0, 0.05) is 15.5 Å². The van der Waals surface area contributed by atoms with Gasteiger partial charge in [-0.3, -0.25) is 0 Å². The van der Waals surface area contributed by atoms with Gasteiger partial charge < -0.3 is 5.11 Å². The van der Waals surface area contributed by atoms with Crippen LogP contribution in [-0.2, 0) is 0 Å². The maximum absolute atomic E-state index is 9.96. The fraction of sp³-hybridized carbons (Fsp3) is 0.500. The van der Waals surface area contributed by atoms with E-state index in [2.05, 4.69) is 20.8 Å². The number of hydrogen-bond donors (Lipinski definition) is 1. The SMILES string of the molecule is CC(C)(C)SCC(O)c1ccccc1Cl. The van der Waals surface area contributed by atoms with Gasteiger partial charge in [-0.1, -0.05) is 50.6 Å². The first kappa shape index (κ1) is 12.9. The summed E-state index contributed by atoms with van der Waals surface area (Å²) in [5.41, 5.74) is 0.816. The fourth-order valence-corrected chi connectivity index (χ4v) is 2.26. The summed E-state index contributed by atoms with van der Waals surface area (Å²) in [4.78, 5) is 0. The summed E-state index contributed by atoms with van der Waals surface area (Å²) in [6.45, 7) is 6.41. The third-order valence-electron chi connectivity index (χ3n) is 1.94. The van der Waals surface area contributed by atoms with Gasteiger partial charge in [0.05, 0.1) is 6.10 Å². The molecule has 0 saturated heterocycles. The molecule has 0 fully saturated rings. The molecule has 1 aromatic carbocycles. The molecule has 0 aliphatic carbocycles. The molecule has 1 aromatic rings. The Hall–Kier alpha value is -0.180. The second kappa shape index (κ2) is 5.24. The van der Waals surface area contributed by atoms with Crippen molar-refractivity contribution in [1.29, 1.82) is 0 Å². The van der Waals surface area contributed by atoms with Crippen molar-refractivity contribution >= 4 is 23.4 Å². The van der Waals surface area contributed by atoms with Crippen LogP contribution in [0.25, 0.3) is 0 Å². The summed E-state index contributed by atoms with van der Waals surface area (Å²) in [5.74, 6) is 0.674. The predicted octanol–water partition coefficient (Wildman–Crippen LogP) is 3.91. The maximum atomic E-state index is 9.96. The van der Waals surface area contributed by atoms with E-state index in [0.29, 0.717) is 10.8 Å². The van der Waals surface area contributed by atoms with E-state index in [1.54, 1.807) is 11.8 Å². The fourth-order valence-electron chi connectivity index (χ4n) is 1.16. The molecule has 0 aliphatic rings. The number of aliphatic hydroxyl groups is 1. The molecule has 1 nitrogen and oxygen atoms in total. The van der Waals surface area contributed by atoms with Gasteiger partial charge in [-0.15, -0.1) is 0 Å². The minimum Gasteiger partial charge on any atom is -0.387 e. The van der Waals surface area contributed by atoms with Crippen molar-refractivity contribution in [2.45, 2.75) is 31.6 Å². The number of thioether (sulfide) groups is 1. The van der Waals surface area contributed by atoms with Gasteiger partial charge in [-0.05, 0) is 11.6 Å². The van der Waals surface area contributed by atoms with Crippen LogP contribution in [-0.4, -0.2) is 15.6 Å². The lowest BCUT2D eigenvalue weighted by Crippen LogP contribution is -2.12. The molecular weight excluding hydrogens is 228 g/mol. The third kappa shape index (κ3) is 4.45. The van der Waals surface area contributed by atoms with E-state index in [9.17, 15) is 5.11 Å². The molecule has 3 heteroatoms. The number of benzene rings is 1. The highest BCUT2D eigenvalue weighted by Crippen LogP contribution is 2.30. The molecule has 0 amide bonds. The maximum Gasteiger partial charge on any atom is 0.0894 e. The Balaban J connectivity index is 2.62. The number of halogens is 1. The van der Waals surface area contributed by atoms with Gasteiger partial charge in [0.1, 0.15) is 0 Å². The summed E-state index contributed by atoms with van der Waals surface area (Å²) in [6, 6.07) is 7.44. The van der Waals surface area contributed by atoms with Crippen LogP contribution in [0.15, 0.2) is 24.3 Å². The third-order valence-corrected chi connectivity index (χ3v) is 3.63. The molecule has 15 heavy (non-hydrogen) atoms. The van der Waals surface area contributed by atoms with Gasteiger partial charge in [0.2, 0.25) is 0 Å². The minimum absolute atomic E-state index is 0.169. The monoisotopic (exact) mass is 244 g/mol. The van der Waals surface area contributed by atoms with Gasteiger partial charge in [-0.2, -0.15) is 11.8 Å². The van der Waals surface area contributed by atoms with Crippen LogP contribution in [0.3, 0.4) is 0 Å². The van der Waals surface area contributed by atoms with Crippen molar-refractivity contribution in [3.8, 4) is 0 Å². The molecule has 1 unspecified atom stereocenters. The lowest BCUT2D eigenvalue weighted by molar-refractivity contribution is 0.204. The Bertz CT molecular complexity index is 320. The normalized spacial score (nSPS) is 13.9. The van der Waals surface area contributed by atoms with Crippen LogP contribution in [0, 0.1) is 0 Å². The summed E-state index contributed by atoms with van der Waals surface area (Å²) >= 11 is 7.74. The van der Waals surface area contributed by atoms with E-state index in [0.717, 1.165) is 5.56 Å². The average Bonchev–Trinajstić information content (AvgIpc) is 2.14. The molecule has 0 heterocycles. The van der Waals surface area contributed by atoms with Gasteiger partial charge >= 0.3 is 0 Å². The first-order valence-corrected chi connectivity index (χ1v) is 6.33. The van der Waals surface area contributed by atoms with Gasteiger partial charge in [-0.25, -0.2) is 0 Å². The number of hydrogen-bond acceptors (Lipinski definition) is 2. The average molecular weight is 245 g/mol. The Labute approximate surface area is 101 Å². The van der Waals surface area contributed by atoms with Crippen LogP contribution < -0.4 is 0 Å². The number of aliphatic hydroxyl groups excluding tert-OH is 1. The zero-order chi connectivity index (χ0) is 11.5.